The van der Waals surface area contributed by atoms with E-state index in [1.807, 2.05) is 18.2 Å². The molecule has 18 heavy (non-hydrogen) atoms. The van der Waals surface area contributed by atoms with Crippen LogP contribution in [0.2, 0.25) is 0 Å². The van der Waals surface area contributed by atoms with Crippen molar-refractivity contribution in [1.29, 1.82) is 0 Å². The van der Waals surface area contributed by atoms with Crippen LogP contribution in [0, 0.1) is 0 Å². The molecule has 1 N–H and O–H groups in total. The second-order valence-electron chi connectivity index (χ2n) is 4.63. The van der Waals surface area contributed by atoms with Crippen molar-refractivity contribution >= 4 is 15.9 Å². The summed E-state index contributed by atoms with van der Waals surface area (Å²) in [5.74, 6) is 0.810. The number of hydrogen-bond donors (Lipinski definition) is 1. The van der Waals surface area contributed by atoms with E-state index in [9.17, 15) is 5.11 Å². The summed E-state index contributed by atoms with van der Waals surface area (Å²) in [6.07, 6.45) is 3.30. The Balaban J connectivity index is 2.03. The van der Waals surface area contributed by atoms with Crippen LogP contribution in [0.15, 0.2) is 22.7 Å². The number of hydrogen-bond acceptors (Lipinski definition) is 3. The molecule has 0 aromatic heterocycles. The van der Waals surface area contributed by atoms with Crippen molar-refractivity contribution in [2.75, 3.05) is 13.7 Å². The molecule has 2 rings (SSSR count). The lowest BCUT2D eigenvalue weighted by atomic mass is 9.98. The molecule has 4 heteroatoms. The highest BCUT2D eigenvalue weighted by atomic mass is 79.9. The van der Waals surface area contributed by atoms with E-state index in [0.717, 1.165) is 41.7 Å². The van der Waals surface area contributed by atoms with E-state index in [2.05, 4.69) is 15.9 Å². The molecular formula is C14H19BrO3. The Labute approximate surface area is 116 Å². The summed E-state index contributed by atoms with van der Waals surface area (Å²) >= 11 is 3.50. The summed E-state index contributed by atoms with van der Waals surface area (Å²) < 4.78 is 11.8. The Bertz CT molecular complexity index is 389. The minimum atomic E-state index is -0.450. The van der Waals surface area contributed by atoms with Gasteiger partial charge in [-0.3, -0.25) is 0 Å². The highest BCUT2D eigenvalue weighted by Crippen LogP contribution is 2.26. The Kier molecular flexibility index (Phi) is 5.03. The van der Waals surface area contributed by atoms with Crippen LogP contribution in [0.5, 0.6) is 5.75 Å². The number of halogens is 1. The van der Waals surface area contributed by atoms with Gasteiger partial charge in [-0.2, -0.15) is 0 Å². The van der Waals surface area contributed by atoms with Gasteiger partial charge < -0.3 is 14.6 Å². The van der Waals surface area contributed by atoms with Crippen LogP contribution in [0.1, 0.15) is 24.8 Å². The van der Waals surface area contributed by atoms with E-state index >= 15 is 0 Å². The normalized spacial score (nSPS) is 21.6. The van der Waals surface area contributed by atoms with Crippen LogP contribution in [0.25, 0.3) is 0 Å². The first-order valence-electron chi connectivity index (χ1n) is 6.33. The molecule has 1 aliphatic heterocycles. The standard InChI is InChI=1S/C14H19BrO3/c1-17-11-5-6-12(15)10(8-11)9-13(16)14-4-2-3-7-18-14/h5-6,8,13-14,16H,2-4,7,9H2,1H3. The fraction of sp³-hybridized carbons (Fsp3) is 0.571. The lowest BCUT2D eigenvalue weighted by molar-refractivity contribution is -0.0611. The molecular weight excluding hydrogens is 296 g/mol. The second-order valence-corrected chi connectivity index (χ2v) is 5.49. The third kappa shape index (κ3) is 3.46. The number of benzene rings is 1. The summed E-state index contributed by atoms with van der Waals surface area (Å²) in [7, 11) is 1.65. The molecule has 1 aromatic carbocycles. The number of aliphatic hydroxyl groups excluding tert-OH is 1. The van der Waals surface area contributed by atoms with Crippen molar-refractivity contribution in [2.45, 2.75) is 37.9 Å². The third-order valence-electron chi connectivity index (χ3n) is 3.33. The highest BCUT2D eigenvalue weighted by Gasteiger charge is 2.23. The predicted octanol–water partition coefficient (Wildman–Crippen LogP) is 2.93. The van der Waals surface area contributed by atoms with E-state index in [1.165, 1.54) is 0 Å². The number of aliphatic hydroxyl groups is 1. The first-order valence-corrected chi connectivity index (χ1v) is 7.12. The summed E-state index contributed by atoms with van der Waals surface area (Å²) in [6, 6.07) is 5.80. The maximum Gasteiger partial charge on any atom is 0.119 e. The summed E-state index contributed by atoms with van der Waals surface area (Å²) in [6.45, 7) is 0.765. The molecule has 1 aromatic rings. The molecule has 1 saturated heterocycles. The van der Waals surface area contributed by atoms with Crippen LogP contribution in [-0.2, 0) is 11.2 Å². The van der Waals surface area contributed by atoms with E-state index in [1.54, 1.807) is 7.11 Å². The monoisotopic (exact) mass is 314 g/mol. The SMILES string of the molecule is COc1ccc(Br)c(CC(O)C2CCCCO2)c1. The molecule has 2 atom stereocenters. The van der Waals surface area contributed by atoms with Gasteiger partial charge in [0, 0.05) is 17.5 Å². The van der Waals surface area contributed by atoms with Crippen molar-refractivity contribution in [3.05, 3.63) is 28.2 Å². The van der Waals surface area contributed by atoms with Crippen LogP contribution >= 0.6 is 15.9 Å². The molecule has 0 bridgehead atoms. The summed E-state index contributed by atoms with van der Waals surface area (Å²) in [4.78, 5) is 0. The maximum atomic E-state index is 10.2. The molecule has 1 aliphatic rings. The quantitative estimate of drug-likeness (QED) is 0.928. The molecule has 1 heterocycles. The van der Waals surface area contributed by atoms with Gasteiger partial charge >= 0.3 is 0 Å². The zero-order valence-corrected chi connectivity index (χ0v) is 12.1. The van der Waals surface area contributed by atoms with Crippen molar-refractivity contribution in [3.63, 3.8) is 0 Å². The van der Waals surface area contributed by atoms with Gasteiger partial charge in [-0.1, -0.05) is 15.9 Å². The average molecular weight is 315 g/mol. The first kappa shape index (κ1) is 13.8. The van der Waals surface area contributed by atoms with Gasteiger partial charge in [-0.05, 0) is 43.0 Å². The third-order valence-corrected chi connectivity index (χ3v) is 4.10. The first-order chi connectivity index (χ1) is 8.70. The molecule has 0 amide bonds. The van der Waals surface area contributed by atoms with E-state index in [-0.39, 0.29) is 6.10 Å². The predicted molar refractivity (Wildman–Crippen MR) is 74.0 cm³/mol. The van der Waals surface area contributed by atoms with Crippen molar-refractivity contribution in [1.82, 2.24) is 0 Å². The average Bonchev–Trinajstić information content (AvgIpc) is 2.42. The Morgan fingerprint density at radius 3 is 3.00 bits per heavy atom. The second kappa shape index (κ2) is 6.55. The number of ether oxygens (including phenoxy) is 2. The van der Waals surface area contributed by atoms with Gasteiger partial charge in [-0.15, -0.1) is 0 Å². The molecule has 0 radical (unpaired) electrons. The Hall–Kier alpha value is -0.580. The highest BCUT2D eigenvalue weighted by molar-refractivity contribution is 9.10. The molecule has 1 fully saturated rings. The molecule has 3 nitrogen and oxygen atoms in total. The number of methoxy groups -OCH3 is 1. The molecule has 100 valence electrons. The van der Waals surface area contributed by atoms with E-state index in [4.69, 9.17) is 9.47 Å². The minimum Gasteiger partial charge on any atom is -0.497 e. The molecule has 0 aliphatic carbocycles. The molecule has 2 unspecified atom stereocenters. The number of rotatable bonds is 4. The fourth-order valence-corrected chi connectivity index (χ4v) is 2.67. The topological polar surface area (TPSA) is 38.7 Å². The van der Waals surface area contributed by atoms with Gasteiger partial charge in [0.25, 0.3) is 0 Å². The zero-order chi connectivity index (χ0) is 13.0. The minimum absolute atomic E-state index is 0.0307. The van der Waals surface area contributed by atoms with Crippen LogP contribution in [0.4, 0.5) is 0 Å². The van der Waals surface area contributed by atoms with Crippen LogP contribution in [0.3, 0.4) is 0 Å². The lowest BCUT2D eigenvalue weighted by Gasteiger charge is -2.27. The zero-order valence-electron chi connectivity index (χ0n) is 10.6. The van der Waals surface area contributed by atoms with Gasteiger partial charge in [0.05, 0.1) is 19.3 Å². The smallest absolute Gasteiger partial charge is 0.119 e. The van der Waals surface area contributed by atoms with E-state index < -0.39 is 6.10 Å². The summed E-state index contributed by atoms with van der Waals surface area (Å²) in [5, 5.41) is 10.2. The van der Waals surface area contributed by atoms with Crippen molar-refractivity contribution in [3.8, 4) is 5.75 Å². The van der Waals surface area contributed by atoms with Crippen molar-refractivity contribution in [2.24, 2.45) is 0 Å². The lowest BCUT2D eigenvalue weighted by Crippen LogP contribution is -2.33. The van der Waals surface area contributed by atoms with Crippen LogP contribution in [-0.4, -0.2) is 31.0 Å². The van der Waals surface area contributed by atoms with Crippen molar-refractivity contribution < 1.29 is 14.6 Å². The molecule has 0 spiro atoms. The van der Waals surface area contributed by atoms with Gasteiger partial charge in [0.15, 0.2) is 0 Å². The fourth-order valence-electron chi connectivity index (χ4n) is 2.26. The maximum absolute atomic E-state index is 10.2. The van der Waals surface area contributed by atoms with Crippen LogP contribution < -0.4 is 4.74 Å². The molecule has 0 saturated carbocycles. The summed E-state index contributed by atoms with van der Waals surface area (Å²) in [5.41, 5.74) is 1.05. The Morgan fingerprint density at radius 1 is 1.50 bits per heavy atom. The van der Waals surface area contributed by atoms with Gasteiger partial charge in [-0.25, -0.2) is 0 Å². The van der Waals surface area contributed by atoms with Gasteiger partial charge in [0.1, 0.15) is 5.75 Å². The Morgan fingerprint density at radius 2 is 2.33 bits per heavy atom. The largest absolute Gasteiger partial charge is 0.497 e. The van der Waals surface area contributed by atoms with Gasteiger partial charge in [0.2, 0.25) is 0 Å². The van der Waals surface area contributed by atoms with E-state index in [0.29, 0.717) is 6.42 Å².